The van der Waals surface area contributed by atoms with Crippen molar-refractivity contribution in [2.75, 3.05) is 26.2 Å². The van der Waals surface area contributed by atoms with Gasteiger partial charge in [0.15, 0.2) is 0 Å². The molecule has 1 saturated heterocycles. The summed E-state index contributed by atoms with van der Waals surface area (Å²) < 4.78 is 1.94. The molecule has 1 N–H and O–H groups in total. The maximum absolute atomic E-state index is 4.43. The number of nitrogens with zero attached hydrogens (tertiary/aromatic N) is 3. The summed E-state index contributed by atoms with van der Waals surface area (Å²) in [4.78, 5) is 2.46. The van der Waals surface area contributed by atoms with E-state index in [1.807, 2.05) is 29.1 Å². The molecule has 0 aliphatic carbocycles. The molecule has 1 fully saturated rings. The van der Waals surface area contributed by atoms with E-state index >= 15 is 0 Å². The average Bonchev–Trinajstić information content (AvgIpc) is 2.89. The van der Waals surface area contributed by atoms with E-state index < -0.39 is 0 Å². The smallest absolute Gasteiger partial charge is 0.0645 e. The van der Waals surface area contributed by atoms with Crippen molar-refractivity contribution in [2.45, 2.75) is 6.54 Å². The summed E-state index contributed by atoms with van der Waals surface area (Å²) in [6, 6.07) is 10.2. The van der Waals surface area contributed by atoms with Gasteiger partial charge in [-0.15, -0.1) is 24.8 Å². The lowest BCUT2D eigenvalue weighted by Crippen LogP contribution is -2.42. The van der Waals surface area contributed by atoms with Crippen LogP contribution in [-0.4, -0.2) is 40.9 Å². The van der Waals surface area contributed by atoms with Crippen LogP contribution in [0, 0.1) is 0 Å². The van der Waals surface area contributed by atoms with Crippen LogP contribution >= 0.6 is 24.8 Å². The maximum Gasteiger partial charge on any atom is 0.0645 e. The van der Waals surface area contributed by atoms with Crippen molar-refractivity contribution >= 4 is 24.8 Å². The molecular formula is C14H20Cl2N4. The zero-order valence-electron chi connectivity index (χ0n) is 11.2. The Morgan fingerprint density at radius 1 is 1.05 bits per heavy atom. The highest BCUT2D eigenvalue weighted by Gasteiger charge is 2.11. The largest absolute Gasteiger partial charge is 0.314 e. The molecule has 1 aliphatic rings. The SMILES string of the molecule is Cl.Cl.c1ccc(-n2cc(CN3CCNCC3)cn2)cc1. The van der Waals surface area contributed by atoms with Crippen LogP contribution in [0.15, 0.2) is 42.7 Å². The van der Waals surface area contributed by atoms with Crippen LogP contribution < -0.4 is 5.32 Å². The Morgan fingerprint density at radius 3 is 2.45 bits per heavy atom. The minimum atomic E-state index is 0. The van der Waals surface area contributed by atoms with Gasteiger partial charge >= 0.3 is 0 Å². The third-order valence-electron chi connectivity index (χ3n) is 3.27. The minimum absolute atomic E-state index is 0. The Bertz CT molecular complexity index is 495. The highest BCUT2D eigenvalue weighted by atomic mass is 35.5. The number of hydrogen-bond donors (Lipinski definition) is 1. The van der Waals surface area contributed by atoms with E-state index in [4.69, 9.17) is 0 Å². The van der Waals surface area contributed by atoms with Gasteiger partial charge in [0, 0.05) is 44.5 Å². The first-order valence-corrected chi connectivity index (χ1v) is 6.44. The summed E-state index contributed by atoms with van der Waals surface area (Å²) in [6.45, 7) is 5.42. The third kappa shape index (κ3) is 4.21. The summed E-state index contributed by atoms with van der Waals surface area (Å²) in [5.41, 5.74) is 2.39. The van der Waals surface area contributed by atoms with E-state index in [0.717, 1.165) is 38.4 Å². The number of aromatic nitrogens is 2. The predicted octanol–water partition coefficient (Wildman–Crippen LogP) is 2.12. The van der Waals surface area contributed by atoms with Gasteiger partial charge < -0.3 is 5.32 Å². The van der Waals surface area contributed by atoms with Crippen LogP contribution in [0.2, 0.25) is 0 Å². The van der Waals surface area contributed by atoms with Crippen molar-refractivity contribution in [3.05, 3.63) is 48.3 Å². The van der Waals surface area contributed by atoms with Gasteiger partial charge in [-0.3, -0.25) is 4.90 Å². The summed E-state index contributed by atoms with van der Waals surface area (Å²) in [6.07, 6.45) is 4.09. The predicted molar refractivity (Wildman–Crippen MR) is 86.2 cm³/mol. The molecule has 6 heteroatoms. The topological polar surface area (TPSA) is 33.1 Å². The van der Waals surface area contributed by atoms with Crippen LogP contribution in [0.1, 0.15) is 5.56 Å². The van der Waals surface area contributed by atoms with Crippen molar-refractivity contribution in [3.8, 4) is 5.69 Å². The van der Waals surface area contributed by atoms with E-state index in [1.54, 1.807) is 0 Å². The number of benzene rings is 1. The Balaban J connectivity index is 0.000001000. The molecule has 110 valence electrons. The highest BCUT2D eigenvalue weighted by molar-refractivity contribution is 5.85. The number of hydrogen-bond acceptors (Lipinski definition) is 3. The zero-order valence-corrected chi connectivity index (χ0v) is 12.9. The molecule has 2 aromatic rings. The lowest BCUT2D eigenvalue weighted by molar-refractivity contribution is 0.233. The second kappa shape index (κ2) is 8.27. The molecule has 1 aromatic carbocycles. The summed E-state index contributed by atoms with van der Waals surface area (Å²) in [5.74, 6) is 0. The first-order chi connectivity index (χ1) is 8.92. The van der Waals surface area contributed by atoms with Gasteiger partial charge in [-0.2, -0.15) is 5.10 Å². The van der Waals surface area contributed by atoms with Crippen LogP contribution in [0.4, 0.5) is 0 Å². The standard InChI is InChI=1S/C14H18N4.2ClH/c1-2-4-14(5-3-1)18-12-13(10-16-18)11-17-8-6-15-7-9-17;;/h1-5,10,12,15H,6-9,11H2;2*1H. The highest BCUT2D eigenvalue weighted by Crippen LogP contribution is 2.09. The normalized spacial score (nSPS) is 15.2. The van der Waals surface area contributed by atoms with Crippen molar-refractivity contribution in [1.82, 2.24) is 20.0 Å². The van der Waals surface area contributed by atoms with E-state index in [2.05, 4.69) is 33.6 Å². The van der Waals surface area contributed by atoms with Gasteiger partial charge in [-0.25, -0.2) is 4.68 Å². The van der Waals surface area contributed by atoms with Crippen molar-refractivity contribution in [2.24, 2.45) is 0 Å². The second-order valence-electron chi connectivity index (χ2n) is 4.65. The average molecular weight is 315 g/mol. The molecule has 1 aromatic heterocycles. The summed E-state index contributed by atoms with van der Waals surface area (Å²) in [7, 11) is 0. The monoisotopic (exact) mass is 314 g/mol. The molecule has 3 rings (SSSR count). The van der Waals surface area contributed by atoms with Crippen LogP contribution in [0.5, 0.6) is 0 Å². The number of rotatable bonds is 3. The Hall–Kier alpha value is -1.07. The van der Waals surface area contributed by atoms with Gasteiger partial charge in [-0.1, -0.05) is 18.2 Å². The molecule has 0 atom stereocenters. The van der Waals surface area contributed by atoms with Crippen molar-refractivity contribution in [3.63, 3.8) is 0 Å². The number of piperazine rings is 1. The molecule has 0 unspecified atom stereocenters. The van der Waals surface area contributed by atoms with Crippen molar-refractivity contribution < 1.29 is 0 Å². The van der Waals surface area contributed by atoms with Crippen molar-refractivity contribution in [1.29, 1.82) is 0 Å². The van der Waals surface area contributed by atoms with Gasteiger partial charge in [-0.05, 0) is 12.1 Å². The first-order valence-electron chi connectivity index (χ1n) is 6.44. The Kier molecular flexibility index (Phi) is 7.02. The van der Waals surface area contributed by atoms with Crippen LogP contribution in [0.3, 0.4) is 0 Å². The van der Waals surface area contributed by atoms with Crippen LogP contribution in [-0.2, 0) is 6.54 Å². The Labute approximate surface area is 132 Å². The molecule has 0 saturated carbocycles. The lowest BCUT2D eigenvalue weighted by atomic mass is 10.3. The van der Waals surface area contributed by atoms with Gasteiger partial charge in [0.2, 0.25) is 0 Å². The first kappa shape index (κ1) is 17.0. The second-order valence-corrected chi connectivity index (χ2v) is 4.65. The molecule has 2 heterocycles. The molecule has 20 heavy (non-hydrogen) atoms. The zero-order chi connectivity index (χ0) is 12.2. The third-order valence-corrected chi connectivity index (χ3v) is 3.27. The summed E-state index contributed by atoms with van der Waals surface area (Å²) >= 11 is 0. The van der Waals surface area contributed by atoms with Gasteiger partial charge in [0.25, 0.3) is 0 Å². The lowest BCUT2D eigenvalue weighted by Gasteiger charge is -2.26. The van der Waals surface area contributed by atoms with E-state index in [9.17, 15) is 0 Å². The van der Waals surface area contributed by atoms with E-state index in [1.165, 1.54) is 5.56 Å². The molecular weight excluding hydrogens is 295 g/mol. The van der Waals surface area contributed by atoms with Gasteiger partial charge in [0.05, 0.1) is 11.9 Å². The molecule has 0 spiro atoms. The number of para-hydroxylation sites is 1. The molecule has 0 bridgehead atoms. The number of nitrogens with one attached hydrogen (secondary N) is 1. The molecule has 1 aliphatic heterocycles. The molecule has 0 radical (unpaired) electrons. The molecule has 4 nitrogen and oxygen atoms in total. The molecule has 0 amide bonds. The fraction of sp³-hybridized carbons (Fsp3) is 0.357. The fourth-order valence-electron chi connectivity index (χ4n) is 2.29. The maximum atomic E-state index is 4.43. The quantitative estimate of drug-likeness (QED) is 0.942. The van der Waals surface area contributed by atoms with Crippen LogP contribution in [0.25, 0.3) is 5.69 Å². The fourth-order valence-corrected chi connectivity index (χ4v) is 2.29. The van der Waals surface area contributed by atoms with E-state index in [-0.39, 0.29) is 24.8 Å². The number of halogens is 2. The van der Waals surface area contributed by atoms with Gasteiger partial charge in [0.1, 0.15) is 0 Å². The van der Waals surface area contributed by atoms with E-state index in [0.29, 0.717) is 0 Å². The summed E-state index contributed by atoms with van der Waals surface area (Å²) in [5, 5.41) is 7.80. The Morgan fingerprint density at radius 2 is 1.75 bits per heavy atom. The minimum Gasteiger partial charge on any atom is -0.314 e.